The van der Waals surface area contributed by atoms with Gasteiger partial charge >= 0.3 is 0 Å². The maximum atomic E-state index is 12.3. The van der Waals surface area contributed by atoms with Crippen LogP contribution in [0.1, 0.15) is 12.8 Å². The van der Waals surface area contributed by atoms with Crippen LogP contribution in [0.4, 0.5) is 0 Å². The molecule has 6 nitrogen and oxygen atoms in total. The first-order valence-corrected chi connectivity index (χ1v) is 7.16. The van der Waals surface area contributed by atoms with Gasteiger partial charge in [0.1, 0.15) is 12.6 Å². The van der Waals surface area contributed by atoms with E-state index in [1.54, 1.807) is 4.90 Å². The lowest BCUT2D eigenvalue weighted by atomic mass is 9.89. The number of piperidine rings is 1. The number of morpholine rings is 1. The van der Waals surface area contributed by atoms with Crippen LogP contribution in [0.3, 0.4) is 0 Å². The molecule has 0 unspecified atom stereocenters. The van der Waals surface area contributed by atoms with Crippen molar-refractivity contribution in [2.45, 2.75) is 24.5 Å². The second-order valence-corrected chi connectivity index (χ2v) is 5.86. The Kier molecular flexibility index (Phi) is 3.52. The lowest BCUT2D eigenvalue weighted by Gasteiger charge is -2.46. The van der Waals surface area contributed by atoms with Gasteiger partial charge in [-0.05, 0) is 12.8 Å². The van der Waals surface area contributed by atoms with Crippen LogP contribution in [0.15, 0.2) is 12.2 Å². The van der Waals surface area contributed by atoms with Crippen molar-refractivity contribution in [1.29, 1.82) is 0 Å². The lowest BCUT2D eigenvalue weighted by Crippen LogP contribution is -2.59. The van der Waals surface area contributed by atoms with Gasteiger partial charge in [-0.15, -0.1) is 0 Å². The van der Waals surface area contributed by atoms with Crippen molar-refractivity contribution in [1.82, 2.24) is 15.1 Å². The minimum Gasteiger partial charge on any atom is -0.363 e. The van der Waals surface area contributed by atoms with Gasteiger partial charge in [-0.1, -0.05) is 12.2 Å². The average Bonchev–Trinajstić information content (AvgIpc) is 2.98. The summed E-state index contributed by atoms with van der Waals surface area (Å²) in [4.78, 5) is 27.4. The van der Waals surface area contributed by atoms with Crippen molar-refractivity contribution in [3.05, 3.63) is 12.2 Å². The van der Waals surface area contributed by atoms with Gasteiger partial charge in [0, 0.05) is 33.2 Å². The van der Waals surface area contributed by atoms with E-state index in [-0.39, 0.29) is 30.1 Å². The molecule has 0 aliphatic carbocycles. The van der Waals surface area contributed by atoms with Crippen LogP contribution in [-0.4, -0.2) is 73.1 Å². The Morgan fingerprint density at radius 2 is 2.20 bits per heavy atom. The molecular weight excluding hydrogens is 258 g/mol. The third kappa shape index (κ3) is 2.45. The number of rotatable bonds is 1. The quantitative estimate of drug-likeness (QED) is 0.649. The van der Waals surface area contributed by atoms with Crippen LogP contribution in [0, 0.1) is 0 Å². The normalized spacial score (nSPS) is 29.2. The van der Waals surface area contributed by atoms with Gasteiger partial charge in [-0.25, -0.2) is 0 Å². The molecule has 3 heterocycles. The van der Waals surface area contributed by atoms with Crippen molar-refractivity contribution in [3.63, 3.8) is 0 Å². The van der Waals surface area contributed by atoms with E-state index in [9.17, 15) is 9.59 Å². The third-order valence-electron chi connectivity index (χ3n) is 4.49. The number of likely N-dealkylation sites (tertiary alicyclic amines) is 1. The molecule has 1 spiro atoms. The molecule has 0 aromatic heterocycles. The Balaban J connectivity index is 1.58. The summed E-state index contributed by atoms with van der Waals surface area (Å²) in [5.74, 6) is 0.184. The summed E-state index contributed by atoms with van der Waals surface area (Å²) in [7, 11) is 1.82. The highest BCUT2D eigenvalue weighted by atomic mass is 16.5. The zero-order valence-corrected chi connectivity index (χ0v) is 11.8. The summed E-state index contributed by atoms with van der Waals surface area (Å²) in [6, 6.07) is -0.166. The Morgan fingerprint density at radius 3 is 2.80 bits per heavy atom. The molecule has 0 aromatic rings. The molecule has 3 aliphatic rings. The Bertz CT molecular complexity index is 441. The molecule has 2 fully saturated rings. The zero-order chi connectivity index (χ0) is 14.2. The molecular formula is C14H21N3O3. The number of hydrogen-bond acceptors (Lipinski definition) is 4. The average molecular weight is 279 g/mol. The number of hydrogen-bond donors (Lipinski definition) is 1. The molecule has 20 heavy (non-hydrogen) atoms. The van der Waals surface area contributed by atoms with Gasteiger partial charge in [0.25, 0.3) is 0 Å². The predicted molar refractivity (Wildman–Crippen MR) is 73.1 cm³/mol. The Hall–Kier alpha value is -1.40. The first-order valence-electron chi connectivity index (χ1n) is 7.16. The number of likely N-dealkylation sites (N-methyl/N-ethyl adjacent to an activating group) is 1. The largest absolute Gasteiger partial charge is 0.363 e. The molecule has 1 atom stereocenters. The van der Waals surface area contributed by atoms with Crippen LogP contribution < -0.4 is 5.32 Å². The van der Waals surface area contributed by atoms with Gasteiger partial charge in [0.05, 0.1) is 5.60 Å². The fourth-order valence-corrected chi connectivity index (χ4v) is 3.16. The highest BCUT2D eigenvalue weighted by Crippen LogP contribution is 2.30. The lowest BCUT2D eigenvalue weighted by molar-refractivity contribution is -0.171. The van der Waals surface area contributed by atoms with Crippen LogP contribution in [0.25, 0.3) is 0 Å². The number of nitrogens with one attached hydrogen (secondary N) is 1. The maximum Gasteiger partial charge on any atom is 0.248 e. The molecule has 3 aliphatic heterocycles. The van der Waals surface area contributed by atoms with Crippen molar-refractivity contribution in [2.75, 3.05) is 39.8 Å². The molecule has 0 bridgehead atoms. The van der Waals surface area contributed by atoms with E-state index in [0.29, 0.717) is 19.6 Å². The predicted octanol–water partition coefficient (Wildman–Crippen LogP) is -0.636. The van der Waals surface area contributed by atoms with Crippen LogP contribution in [0.2, 0.25) is 0 Å². The Labute approximate surface area is 118 Å². The van der Waals surface area contributed by atoms with E-state index in [0.717, 1.165) is 19.4 Å². The monoisotopic (exact) mass is 279 g/mol. The Morgan fingerprint density at radius 1 is 1.45 bits per heavy atom. The summed E-state index contributed by atoms with van der Waals surface area (Å²) >= 11 is 0. The minimum atomic E-state index is -0.252. The molecule has 2 saturated heterocycles. The summed E-state index contributed by atoms with van der Waals surface area (Å²) < 4.78 is 5.78. The van der Waals surface area contributed by atoms with E-state index >= 15 is 0 Å². The highest BCUT2D eigenvalue weighted by molar-refractivity contribution is 5.84. The zero-order valence-electron chi connectivity index (χ0n) is 11.8. The van der Waals surface area contributed by atoms with Gasteiger partial charge in [0.2, 0.25) is 11.8 Å². The second-order valence-electron chi connectivity index (χ2n) is 5.86. The van der Waals surface area contributed by atoms with Crippen molar-refractivity contribution < 1.29 is 14.3 Å². The number of nitrogens with zero attached hydrogens (tertiary/aromatic N) is 2. The van der Waals surface area contributed by atoms with Crippen LogP contribution in [-0.2, 0) is 14.3 Å². The molecule has 6 heteroatoms. The fraction of sp³-hybridized carbons (Fsp3) is 0.714. The SMILES string of the molecule is CN1CC2(CCN(C(=O)[C@@H]3C=CCN3)CC2)OCC1=O. The smallest absolute Gasteiger partial charge is 0.248 e. The molecule has 0 saturated carbocycles. The van der Waals surface area contributed by atoms with Gasteiger partial charge in [0.15, 0.2) is 0 Å². The van der Waals surface area contributed by atoms with E-state index in [2.05, 4.69) is 5.32 Å². The number of carbonyl (C=O) groups excluding carboxylic acids is 2. The highest BCUT2D eigenvalue weighted by Gasteiger charge is 2.42. The first kappa shape index (κ1) is 13.6. The number of amides is 2. The van der Waals surface area contributed by atoms with E-state index in [4.69, 9.17) is 4.74 Å². The fourth-order valence-electron chi connectivity index (χ4n) is 3.16. The van der Waals surface area contributed by atoms with Crippen molar-refractivity contribution in [2.24, 2.45) is 0 Å². The topological polar surface area (TPSA) is 61.9 Å². The number of ether oxygens (including phenoxy) is 1. The third-order valence-corrected chi connectivity index (χ3v) is 4.49. The number of carbonyl (C=O) groups is 2. The molecule has 1 N–H and O–H groups in total. The molecule has 110 valence electrons. The van der Waals surface area contributed by atoms with Crippen molar-refractivity contribution in [3.8, 4) is 0 Å². The van der Waals surface area contributed by atoms with Crippen molar-refractivity contribution >= 4 is 11.8 Å². The molecule has 2 amide bonds. The van der Waals surface area contributed by atoms with E-state index in [1.807, 2.05) is 24.1 Å². The molecule has 0 radical (unpaired) electrons. The standard InChI is InChI=1S/C14H21N3O3/c1-16-10-14(20-9-12(16)18)4-7-17(8-5-14)13(19)11-3-2-6-15-11/h2-3,11,15H,4-10H2,1H3/t11-/m0/s1. The summed E-state index contributed by atoms with van der Waals surface area (Å²) in [5, 5.41) is 3.15. The minimum absolute atomic E-state index is 0.0365. The summed E-state index contributed by atoms with van der Waals surface area (Å²) in [6.07, 6.45) is 5.51. The summed E-state index contributed by atoms with van der Waals surface area (Å²) in [6.45, 7) is 2.97. The van der Waals surface area contributed by atoms with Gasteiger partial charge in [-0.3, -0.25) is 14.9 Å². The van der Waals surface area contributed by atoms with Crippen LogP contribution in [0.5, 0.6) is 0 Å². The second kappa shape index (κ2) is 5.18. The van der Waals surface area contributed by atoms with E-state index < -0.39 is 0 Å². The first-order chi connectivity index (χ1) is 9.60. The summed E-state index contributed by atoms with van der Waals surface area (Å²) in [5.41, 5.74) is -0.252. The van der Waals surface area contributed by atoms with Gasteiger partial charge in [-0.2, -0.15) is 0 Å². The van der Waals surface area contributed by atoms with E-state index in [1.165, 1.54) is 0 Å². The maximum absolute atomic E-state index is 12.3. The molecule has 3 rings (SSSR count). The molecule has 0 aromatic carbocycles. The van der Waals surface area contributed by atoms with Gasteiger partial charge < -0.3 is 14.5 Å². The van der Waals surface area contributed by atoms with Crippen LogP contribution >= 0.6 is 0 Å².